The first-order valence-corrected chi connectivity index (χ1v) is 6.37. The minimum absolute atomic E-state index is 0.0359. The summed E-state index contributed by atoms with van der Waals surface area (Å²) in [5.41, 5.74) is 15.5. The highest BCUT2D eigenvalue weighted by molar-refractivity contribution is 6.66. The van der Waals surface area contributed by atoms with E-state index in [9.17, 15) is 4.79 Å². The number of rotatable bonds is 5. The van der Waals surface area contributed by atoms with E-state index < -0.39 is 12.1 Å². The van der Waals surface area contributed by atoms with Crippen LogP contribution in [0.25, 0.3) is 0 Å². The van der Waals surface area contributed by atoms with Gasteiger partial charge in [0.1, 0.15) is 6.79 Å². The number of primary amides is 1. The van der Waals surface area contributed by atoms with E-state index in [1.54, 1.807) is 0 Å². The molecule has 1 atom stereocenters. The summed E-state index contributed by atoms with van der Waals surface area (Å²) in [5.74, 6) is -0.452. The fraction of sp³-hybridized carbons (Fsp3) is 0.429. The highest BCUT2D eigenvalue weighted by Gasteiger charge is 2.19. The molecule has 110 valence electrons. The first-order chi connectivity index (χ1) is 9.31. The molecule has 1 unspecified atom stereocenters. The molecule has 1 aromatic carbocycles. The fourth-order valence-corrected chi connectivity index (χ4v) is 2.00. The van der Waals surface area contributed by atoms with Gasteiger partial charge in [0.2, 0.25) is 5.91 Å². The van der Waals surface area contributed by atoms with Crippen molar-refractivity contribution in [3.05, 3.63) is 28.8 Å². The first-order valence-electron chi connectivity index (χ1n) is 6.37. The molecule has 4 N–H and O–H groups in total. The second-order valence-electron chi connectivity index (χ2n) is 4.78. The van der Waals surface area contributed by atoms with Gasteiger partial charge in [-0.25, -0.2) is 0 Å². The van der Waals surface area contributed by atoms with Crippen LogP contribution in [0, 0.1) is 20.8 Å². The number of amides is 1. The van der Waals surface area contributed by atoms with Gasteiger partial charge in [-0.1, -0.05) is 24.5 Å². The molecule has 0 bridgehead atoms. The molecule has 0 fully saturated rings. The molecule has 0 saturated heterocycles. The lowest BCUT2D eigenvalue weighted by Gasteiger charge is -2.19. The number of nitrogens with two attached hydrogens (primary N) is 2. The number of carbonyl (C=O) groups is 2. The lowest BCUT2D eigenvalue weighted by atomic mass is 9.61. The van der Waals surface area contributed by atoms with Crippen LogP contribution in [0.5, 0.6) is 0 Å². The zero-order valence-electron chi connectivity index (χ0n) is 12.6. The van der Waals surface area contributed by atoms with Crippen molar-refractivity contribution in [2.45, 2.75) is 40.2 Å². The lowest BCUT2D eigenvalue weighted by molar-refractivity contribution is -0.119. The van der Waals surface area contributed by atoms with E-state index in [0.29, 0.717) is 0 Å². The number of carbonyl (C=O) groups excluding carboxylic acids is 2. The van der Waals surface area contributed by atoms with Crippen LogP contribution in [0.2, 0.25) is 6.82 Å². The molecule has 0 aliphatic heterocycles. The van der Waals surface area contributed by atoms with E-state index in [4.69, 9.17) is 20.9 Å². The van der Waals surface area contributed by atoms with Crippen LogP contribution in [0.3, 0.4) is 0 Å². The third kappa shape index (κ3) is 5.55. The molecule has 0 saturated carbocycles. The molecule has 20 heavy (non-hydrogen) atoms. The molecule has 0 spiro atoms. The van der Waals surface area contributed by atoms with Gasteiger partial charge in [0.05, 0.1) is 12.6 Å². The van der Waals surface area contributed by atoms with Crippen molar-refractivity contribution in [1.29, 1.82) is 0 Å². The van der Waals surface area contributed by atoms with Gasteiger partial charge in [0.25, 0.3) is 0 Å². The Bertz CT molecular complexity index is 466. The van der Waals surface area contributed by atoms with E-state index in [1.807, 2.05) is 20.5 Å². The Morgan fingerprint density at radius 3 is 2.25 bits per heavy atom. The zero-order chi connectivity index (χ0) is 15.9. The summed E-state index contributed by atoms with van der Waals surface area (Å²) in [5, 5.41) is 0. The van der Waals surface area contributed by atoms with Crippen LogP contribution < -0.4 is 16.9 Å². The molecular formula is C14H23BN2O3. The highest BCUT2D eigenvalue weighted by atomic mass is 16.5. The van der Waals surface area contributed by atoms with Gasteiger partial charge in [-0.3, -0.25) is 4.79 Å². The van der Waals surface area contributed by atoms with Crippen molar-refractivity contribution < 1.29 is 14.2 Å². The van der Waals surface area contributed by atoms with Gasteiger partial charge in [-0.05, 0) is 37.4 Å². The number of hydrogen-bond acceptors (Lipinski definition) is 4. The van der Waals surface area contributed by atoms with Gasteiger partial charge >= 0.3 is 6.92 Å². The van der Waals surface area contributed by atoms with E-state index in [1.165, 1.54) is 11.1 Å². The van der Waals surface area contributed by atoms with Gasteiger partial charge in [-0.15, -0.1) is 0 Å². The Morgan fingerprint density at radius 1 is 1.25 bits per heavy atom. The Morgan fingerprint density at radius 2 is 1.75 bits per heavy atom. The van der Waals surface area contributed by atoms with Crippen molar-refractivity contribution in [2.24, 2.45) is 11.5 Å². The lowest BCUT2D eigenvalue weighted by Crippen LogP contribution is -2.41. The van der Waals surface area contributed by atoms with Crippen LogP contribution >= 0.6 is 0 Å². The summed E-state index contributed by atoms with van der Waals surface area (Å²) in [4.78, 5) is 18.8. The second-order valence-corrected chi connectivity index (χ2v) is 4.78. The minimum atomic E-state index is -0.654. The smallest absolute Gasteiger partial charge is 0.325 e. The molecule has 0 radical (unpaired) electrons. The standard InChI is InChI=1S/C13H21BN2O2.CH2O/c1-8-5-10(3)11(6-9(8)2)14(4)18-13(16)7-12(15)17;1-2/h5-6,13H,7,16H2,1-4H3,(H2,15,17);1H2. The van der Waals surface area contributed by atoms with Crippen LogP contribution in [0.15, 0.2) is 12.1 Å². The van der Waals surface area contributed by atoms with E-state index in [-0.39, 0.29) is 13.3 Å². The minimum Gasteiger partial charge on any atom is -0.416 e. The average molecular weight is 278 g/mol. The van der Waals surface area contributed by atoms with Crippen molar-refractivity contribution in [3.8, 4) is 0 Å². The molecule has 1 aromatic rings. The predicted octanol–water partition coefficient (Wildman–Crippen LogP) is 0.432. The highest BCUT2D eigenvalue weighted by Crippen LogP contribution is 2.09. The number of hydrogen-bond donors (Lipinski definition) is 2. The molecule has 0 aliphatic rings. The summed E-state index contributed by atoms with van der Waals surface area (Å²) < 4.78 is 5.60. The molecule has 6 heteroatoms. The van der Waals surface area contributed by atoms with Crippen LogP contribution in [-0.4, -0.2) is 25.8 Å². The second kappa shape index (κ2) is 8.50. The predicted molar refractivity (Wildman–Crippen MR) is 81.9 cm³/mol. The summed E-state index contributed by atoms with van der Waals surface area (Å²) >= 11 is 0. The monoisotopic (exact) mass is 278 g/mol. The Labute approximate surface area is 120 Å². The molecule has 1 rings (SSSR count). The maximum Gasteiger partial charge on any atom is 0.325 e. The molecule has 0 aromatic heterocycles. The molecule has 1 amide bonds. The molecular weight excluding hydrogens is 255 g/mol. The van der Waals surface area contributed by atoms with Crippen molar-refractivity contribution in [2.75, 3.05) is 0 Å². The topological polar surface area (TPSA) is 95.4 Å². The molecule has 0 heterocycles. The average Bonchev–Trinajstić information content (AvgIpc) is 2.35. The molecule has 5 nitrogen and oxygen atoms in total. The van der Waals surface area contributed by atoms with Crippen LogP contribution in [0.4, 0.5) is 0 Å². The summed E-state index contributed by atoms with van der Waals surface area (Å²) in [6.07, 6.45) is -0.618. The normalized spacial score (nSPS) is 11.2. The van der Waals surface area contributed by atoms with Gasteiger partial charge < -0.3 is 20.9 Å². The van der Waals surface area contributed by atoms with E-state index in [2.05, 4.69) is 26.0 Å². The largest absolute Gasteiger partial charge is 0.416 e. The maximum atomic E-state index is 10.8. The summed E-state index contributed by atoms with van der Waals surface area (Å²) in [6.45, 7) is 9.96. The van der Waals surface area contributed by atoms with Crippen LogP contribution in [-0.2, 0) is 14.2 Å². The van der Waals surface area contributed by atoms with Crippen LogP contribution in [0.1, 0.15) is 23.1 Å². The maximum absolute atomic E-state index is 10.8. The van der Waals surface area contributed by atoms with E-state index >= 15 is 0 Å². The van der Waals surface area contributed by atoms with Gasteiger partial charge in [-0.2, -0.15) is 0 Å². The van der Waals surface area contributed by atoms with Crippen molar-refractivity contribution >= 4 is 25.1 Å². The zero-order valence-corrected chi connectivity index (χ0v) is 12.6. The van der Waals surface area contributed by atoms with Gasteiger partial charge in [0.15, 0.2) is 0 Å². The molecule has 0 aliphatic carbocycles. The number of aryl methyl sites for hydroxylation is 3. The third-order valence-electron chi connectivity index (χ3n) is 3.10. The van der Waals surface area contributed by atoms with Gasteiger partial charge in [0, 0.05) is 0 Å². The third-order valence-corrected chi connectivity index (χ3v) is 3.10. The summed E-state index contributed by atoms with van der Waals surface area (Å²) in [6, 6.07) is 4.23. The fourth-order valence-electron chi connectivity index (χ4n) is 2.00. The van der Waals surface area contributed by atoms with Crippen molar-refractivity contribution in [1.82, 2.24) is 0 Å². The van der Waals surface area contributed by atoms with Crippen molar-refractivity contribution in [3.63, 3.8) is 0 Å². The quantitative estimate of drug-likeness (QED) is 0.603. The Balaban J connectivity index is 0.00000172. The Kier molecular flexibility index (Phi) is 7.80. The Hall–Kier alpha value is -1.66. The SMILES string of the molecule is C=O.CB(OC(N)CC(N)=O)c1cc(C)c(C)cc1C. The van der Waals surface area contributed by atoms with E-state index in [0.717, 1.165) is 11.0 Å². The first kappa shape index (κ1) is 18.3. The number of benzene rings is 1. The summed E-state index contributed by atoms with van der Waals surface area (Å²) in [7, 11) is 0.